The summed E-state index contributed by atoms with van der Waals surface area (Å²) >= 11 is 0. The highest BCUT2D eigenvalue weighted by Crippen LogP contribution is 2.32. The van der Waals surface area contributed by atoms with Crippen LogP contribution in [0.15, 0.2) is 23.2 Å². The second-order valence-electron chi connectivity index (χ2n) is 8.38. The molecule has 2 fully saturated rings. The van der Waals surface area contributed by atoms with Crippen molar-refractivity contribution in [1.82, 2.24) is 20.0 Å². The van der Waals surface area contributed by atoms with Crippen LogP contribution in [-0.2, 0) is 6.54 Å². The van der Waals surface area contributed by atoms with Gasteiger partial charge in [-0.2, -0.15) is 13.2 Å². The molecule has 0 saturated carbocycles. The van der Waals surface area contributed by atoms with Crippen LogP contribution in [0.3, 0.4) is 0 Å². The van der Waals surface area contributed by atoms with E-state index in [9.17, 15) is 13.2 Å². The van der Waals surface area contributed by atoms with E-state index in [0.717, 1.165) is 56.6 Å². The monoisotopic (exact) mass is 441 g/mol. The first-order valence-electron chi connectivity index (χ1n) is 10.8. The van der Waals surface area contributed by atoms with Crippen LogP contribution in [0.4, 0.5) is 13.2 Å². The summed E-state index contributed by atoms with van der Waals surface area (Å²) in [7, 11) is 1.76. The van der Waals surface area contributed by atoms with Crippen LogP contribution >= 0.6 is 0 Å². The zero-order chi connectivity index (χ0) is 21.8. The third-order valence-corrected chi connectivity index (χ3v) is 6.05. The molecular weight excluding hydrogens is 411 g/mol. The molecule has 0 spiro atoms. The van der Waals surface area contributed by atoms with E-state index in [4.69, 9.17) is 9.47 Å². The van der Waals surface area contributed by atoms with Crippen molar-refractivity contribution in [1.29, 1.82) is 0 Å². The number of piperazine rings is 1. The van der Waals surface area contributed by atoms with E-state index >= 15 is 0 Å². The van der Waals surface area contributed by atoms with E-state index in [-0.39, 0.29) is 12.7 Å². The number of hydrogen-bond donors (Lipinski definition) is 1. The highest BCUT2D eigenvalue weighted by molar-refractivity contribution is 5.80. The number of alkyl halides is 3. The minimum atomic E-state index is -4.13. The maximum Gasteiger partial charge on any atom is 0.401 e. The molecule has 1 aromatic carbocycles. The molecule has 0 aromatic heterocycles. The normalized spacial score (nSPS) is 22.9. The lowest BCUT2D eigenvalue weighted by Crippen LogP contribution is -2.52. The smallest absolute Gasteiger partial charge is 0.401 e. The number of aliphatic imine (C=N–C) groups is 1. The van der Waals surface area contributed by atoms with Crippen molar-refractivity contribution >= 4 is 5.96 Å². The number of halogens is 3. The Morgan fingerprint density at radius 2 is 1.87 bits per heavy atom. The first kappa shape index (κ1) is 22.0. The van der Waals surface area contributed by atoms with Crippen molar-refractivity contribution in [2.45, 2.75) is 19.1 Å². The first-order valence-corrected chi connectivity index (χ1v) is 10.8. The molecule has 172 valence electrons. The lowest BCUT2D eigenvalue weighted by molar-refractivity contribution is -0.143. The topological polar surface area (TPSA) is 52.6 Å². The zero-order valence-electron chi connectivity index (χ0n) is 17.8. The molecular formula is C21H30F3N5O2. The van der Waals surface area contributed by atoms with Gasteiger partial charge in [0, 0.05) is 52.9 Å². The molecule has 31 heavy (non-hydrogen) atoms. The first-order chi connectivity index (χ1) is 14.9. The van der Waals surface area contributed by atoms with Gasteiger partial charge in [0.05, 0.1) is 6.54 Å². The van der Waals surface area contributed by atoms with Gasteiger partial charge in [-0.1, -0.05) is 6.07 Å². The Labute approximate surface area is 180 Å². The average molecular weight is 441 g/mol. The Balaban J connectivity index is 1.20. The molecule has 1 unspecified atom stereocenters. The van der Waals surface area contributed by atoms with Gasteiger partial charge < -0.3 is 19.7 Å². The molecule has 1 aromatic rings. The van der Waals surface area contributed by atoms with E-state index in [0.29, 0.717) is 19.6 Å². The van der Waals surface area contributed by atoms with Crippen molar-refractivity contribution < 1.29 is 22.6 Å². The lowest BCUT2D eigenvalue weighted by Gasteiger charge is -2.36. The molecule has 0 bridgehead atoms. The second-order valence-corrected chi connectivity index (χ2v) is 8.38. The Morgan fingerprint density at radius 3 is 2.61 bits per heavy atom. The van der Waals surface area contributed by atoms with Crippen LogP contribution in [0.2, 0.25) is 0 Å². The standard InChI is InChI=1S/C21H30F3N5O2/c1-25-20(26-11-17-4-5-28(13-17)14-21(22,23)24)29-8-6-27(7-9-29)12-16-2-3-18-19(10-16)31-15-30-18/h2-3,10,17H,4-9,11-15H2,1H3,(H,25,26). The Kier molecular flexibility index (Phi) is 6.76. The Hall–Kier alpha value is -2.20. The number of likely N-dealkylation sites (tertiary alicyclic amines) is 1. The van der Waals surface area contributed by atoms with Gasteiger partial charge in [0.1, 0.15) is 0 Å². The second kappa shape index (κ2) is 9.52. The van der Waals surface area contributed by atoms with Crippen LogP contribution in [-0.4, -0.2) is 93.0 Å². The third kappa shape index (κ3) is 5.94. The number of hydrogen-bond acceptors (Lipinski definition) is 5. The molecule has 3 heterocycles. The predicted molar refractivity (Wildman–Crippen MR) is 111 cm³/mol. The average Bonchev–Trinajstić information content (AvgIpc) is 3.37. The van der Waals surface area contributed by atoms with Gasteiger partial charge in [0.15, 0.2) is 17.5 Å². The van der Waals surface area contributed by atoms with Gasteiger partial charge in [-0.05, 0) is 36.6 Å². The van der Waals surface area contributed by atoms with Crippen molar-refractivity contribution in [3.8, 4) is 11.5 Å². The SMILES string of the molecule is CN=C(NCC1CCN(CC(F)(F)F)C1)N1CCN(Cc2ccc3c(c2)OCO3)CC1. The highest BCUT2D eigenvalue weighted by atomic mass is 19.4. The summed E-state index contributed by atoms with van der Waals surface area (Å²) in [5.74, 6) is 2.65. The number of guanidine groups is 1. The maximum atomic E-state index is 12.6. The summed E-state index contributed by atoms with van der Waals surface area (Å²) < 4.78 is 48.6. The minimum Gasteiger partial charge on any atom is -0.454 e. The molecule has 0 radical (unpaired) electrons. The summed E-state index contributed by atoms with van der Waals surface area (Å²) in [6, 6.07) is 6.07. The van der Waals surface area contributed by atoms with E-state index in [1.807, 2.05) is 12.1 Å². The van der Waals surface area contributed by atoms with E-state index in [1.165, 1.54) is 10.5 Å². The maximum absolute atomic E-state index is 12.6. The Bertz CT molecular complexity index is 781. The fraction of sp³-hybridized carbons (Fsp3) is 0.667. The van der Waals surface area contributed by atoms with Gasteiger partial charge >= 0.3 is 6.18 Å². The fourth-order valence-corrected chi connectivity index (χ4v) is 4.46. The largest absolute Gasteiger partial charge is 0.454 e. The number of benzene rings is 1. The quantitative estimate of drug-likeness (QED) is 0.557. The number of rotatable bonds is 5. The van der Waals surface area contributed by atoms with Crippen molar-refractivity contribution in [2.75, 3.05) is 66.2 Å². The van der Waals surface area contributed by atoms with Crippen molar-refractivity contribution in [2.24, 2.45) is 10.9 Å². The van der Waals surface area contributed by atoms with Gasteiger partial charge in [0.2, 0.25) is 6.79 Å². The van der Waals surface area contributed by atoms with Crippen molar-refractivity contribution in [3.05, 3.63) is 23.8 Å². The summed E-state index contributed by atoms with van der Waals surface area (Å²) in [5.41, 5.74) is 1.20. The van der Waals surface area contributed by atoms with E-state index < -0.39 is 12.7 Å². The zero-order valence-corrected chi connectivity index (χ0v) is 17.8. The molecule has 2 saturated heterocycles. The van der Waals surface area contributed by atoms with Gasteiger partial charge in [-0.25, -0.2) is 0 Å². The van der Waals surface area contributed by atoms with Gasteiger partial charge in [0.25, 0.3) is 0 Å². The summed E-state index contributed by atoms with van der Waals surface area (Å²) in [6.07, 6.45) is -3.35. The number of nitrogens with zero attached hydrogens (tertiary/aromatic N) is 4. The summed E-state index contributed by atoms with van der Waals surface area (Å²) in [5, 5.41) is 3.38. The fourth-order valence-electron chi connectivity index (χ4n) is 4.46. The minimum absolute atomic E-state index is 0.214. The van der Waals surface area contributed by atoms with Crippen LogP contribution in [0.5, 0.6) is 11.5 Å². The highest BCUT2D eigenvalue weighted by Gasteiger charge is 2.34. The lowest BCUT2D eigenvalue weighted by atomic mass is 10.1. The molecule has 4 rings (SSSR count). The molecule has 1 N–H and O–H groups in total. The van der Waals surface area contributed by atoms with Crippen LogP contribution in [0, 0.1) is 5.92 Å². The van der Waals surface area contributed by atoms with Crippen molar-refractivity contribution in [3.63, 3.8) is 0 Å². The van der Waals surface area contributed by atoms with Crippen LogP contribution < -0.4 is 14.8 Å². The number of fused-ring (bicyclic) bond motifs is 1. The molecule has 3 aliphatic rings. The molecule has 7 nitrogen and oxygen atoms in total. The van der Waals surface area contributed by atoms with Crippen LogP contribution in [0.1, 0.15) is 12.0 Å². The third-order valence-electron chi connectivity index (χ3n) is 6.05. The molecule has 1 atom stereocenters. The van der Waals surface area contributed by atoms with E-state index in [1.54, 1.807) is 7.05 Å². The predicted octanol–water partition coefficient (Wildman–Crippen LogP) is 1.99. The number of nitrogens with one attached hydrogen (secondary N) is 1. The molecule has 0 amide bonds. The van der Waals surface area contributed by atoms with Gasteiger partial charge in [-0.15, -0.1) is 0 Å². The summed E-state index contributed by atoms with van der Waals surface area (Å²) in [6.45, 7) is 5.50. The van der Waals surface area contributed by atoms with E-state index in [2.05, 4.69) is 26.2 Å². The number of ether oxygens (including phenoxy) is 2. The van der Waals surface area contributed by atoms with Crippen LogP contribution in [0.25, 0.3) is 0 Å². The molecule has 0 aliphatic carbocycles. The molecule has 10 heteroatoms. The summed E-state index contributed by atoms with van der Waals surface area (Å²) in [4.78, 5) is 10.5. The molecule has 3 aliphatic heterocycles. The Morgan fingerprint density at radius 1 is 1.10 bits per heavy atom. The van der Waals surface area contributed by atoms with Gasteiger partial charge in [-0.3, -0.25) is 14.8 Å².